The summed E-state index contributed by atoms with van der Waals surface area (Å²) in [6, 6.07) is 14.6. The van der Waals surface area contributed by atoms with Gasteiger partial charge in [0, 0.05) is 18.8 Å². The maximum Gasteiger partial charge on any atom is 0.237 e. The summed E-state index contributed by atoms with van der Waals surface area (Å²) >= 11 is 1.45. The van der Waals surface area contributed by atoms with Crippen molar-refractivity contribution < 1.29 is 9.53 Å². The molecular formula is C26H30N4O2S. The maximum absolute atomic E-state index is 13.0. The fraction of sp³-hybridized carbons (Fsp3) is 0.423. The molecule has 1 aliphatic carbocycles. The van der Waals surface area contributed by atoms with Crippen LogP contribution in [0.1, 0.15) is 48.7 Å². The molecule has 2 aromatic carbocycles. The van der Waals surface area contributed by atoms with Gasteiger partial charge in [0.05, 0.1) is 5.75 Å². The van der Waals surface area contributed by atoms with E-state index in [0.717, 1.165) is 54.8 Å². The third-order valence-electron chi connectivity index (χ3n) is 6.53. The predicted molar refractivity (Wildman–Crippen MR) is 131 cm³/mol. The van der Waals surface area contributed by atoms with Crippen LogP contribution < -0.4 is 9.64 Å². The minimum atomic E-state index is 0.115. The largest absolute Gasteiger partial charge is 0.486 e. The second-order valence-corrected chi connectivity index (χ2v) is 9.58. The summed E-state index contributed by atoms with van der Waals surface area (Å²) < 4.78 is 8.11. The summed E-state index contributed by atoms with van der Waals surface area (Å²) in [5.74, 6) is 2.13. The van der Waals surface area contributed by atoms with Crippen molar-refractivity contribution in [2.75, 3.05) is 17.2 Å². The average Bonchev–Trinajstić information content (AvgIpc) is 3.27. The van der Waals surface area contributed by atoms with Crippen molar-refractivity contribution in [3.63, 3.8) is 0 Å². The van der Waals surface area contributed by atoms with E-state index in [4.69, 9.17) is 4.74 Å². The van der Waals surface area contributed by atoms with Crippen molar-refractivity contribution in [1.29, 1.82) is 0 Å². The third-order valence-corrected chi connectivity index (χ3v) is 7.49. The predicted octanol–water partition coefficient (Wildman–Crippen LogP) is 4.83. The molecule has 0 unspecified atom stereocenters. The second-order valence-electron chi connectivity index (χ2n) is 8.64. The molecule has 3 aromatic rings. The first-order valence-electron chi connectivity index (χ1n) is 11.9. The molecular weight excluding hydrogens is 432 g/mol. The smallest absolute Gasteiger partial charge is 0.237 e. The van der Waals surface area contributed by atoms with Gasteiger partial charge in [-0.15, -0.1) is 10.2 Å². The number of anilines is 1. The molecule has 1 aromatic heterocycles. The summed E-state index contributed by atoms with van der Waals surface area (Å²) in [6.07, 6.45) is 6.87. The molecule has 2 aliphatic rings. The molecule has 0 bridgehead atoms. The first kappa shape index (κ1) is 22.0. The van der Waals surface area contributed by atoms with Gasteiger partial charge in [0.1, 0.15) is 12.4 Å². The third kappa shape index (κ3) is 4.78. The van der Waals surface area contributed by atoms with Crippen LogP contribution in [0.4, 0.5) is 5.69 Å². The second kappa shape index (κ2) is 10.00. The molecule has 0 N–H and O–H groups in total. The zero-order chi connectivity index (χ0) is 22.6. The molecule has 0 fully saturated rings. The molecule has 172 valence electrons. The molecule has 7 heteroatoms. The number of fused-ring (bicyclic) bond motifs is 2. The van der Waals surface area contributed by atoms with E-state index in [9.17, 15) is 4.79 Å². The number of carbonyl (C=O) groups is 1. The summed E-state index contributed by atoms with van der Waals surface area (Å²) in [6.45, 7) is 3.95. The molecule has 33 heavy (non-hydrogen) atoms. The van der Waals surface area contributed by atoms with Crippen molar-refractivity contribution in [3.8, 4) is 5.75 Å². The van der Waals surface area contributed by atoms with Gasteiger partial charge in [-0.25, -0.2) is 0 Å². The quantitative estimate of drug-likeness (QED) is 0.471. The van der Waals surface area contributed by atoms with Crippen molar-refractivity contribution >= 4 is 23.4 Å². The number of para-hydroxylation sites is 1. The van der Waals surface area contributed by atoms with E-state index in [1.54, 1.807) is 0 Å². The minimum absolute atomic E-state index is 0.115. The number of hydrogen-bond acceptors (Lipinski definition) is 5. The Bertz CT molecular complexity index is 1140. The molecule has 0 atom stereocenters. The average molecular weight is 463 g/mol. The zero-order valence-corrected chi connectivity index (χ0v) is 19.9. The van der Waals surface area contributed by atoms with Crippen molar-refractivity contribution in [2.45, 2.75) is 63.8 Å². The molecule has 0 spiro atoms. The van der Waals surface area contributed by atoms with Gasteiger partial charge in [-0.1, -0.05) is 36.0 Å². The molecule has 0 saturated carbocycles. The number of nitrogens with zero attached hydrogens (tertiary/aromatic N) is 4. The van der Waals surface area contributed by atoms with Crippen LogP contribution in [0.2, 0.25) is 0 Å². The summed E-state index contributed by atoms with van der Waals surface area (Å²) in [4.78, 5) is 14.9. The molecule has 5 rings (SSSR count). The lowest BCUT2D eigenvalue weighted by Gasteiger charge is -2.29. The van der Waals surface area contributed by atoms with E-state index in [0.29, 0.717) is 12.4 Å². The standard InChI is InChI=1S/C26H30N4O2S/c1-2-29-24(17-32-22-14-13-19-8-3-4-10-21(19)16-22)27-28-26(29)33-18-25(31)30-15-7-11-20-9-5-6-12-23(20)30/h5-6,9,12-14,16H,2-4,7-8,10-11,15,17-18H2,1H3. The number of aryl methyl sites for hydroxylation is 3. The fourth-order valence-electron chi connectivity index (χ4n) is 4.79. The van der Waals surface area contributed by atoms with E-state index in [1.807, 2.05) is 27.7 Å². The van der Waals surface area contributed by atoms with Crippen LogP contribution in [0.3, 0.4) is 0 Å². The number of rotatable bonds is 7. The van der Waals surface area contributed by atoms with Gasteiger partial charge >= 0.3 is 0 Å². The Morgan fingerprint density at radius 1 is 1.00 bits per heavy atom. The molecule has 1 amide bonds. The van der Waals surface area contributed by atoms with E-state index >= 15 is 0 Å². The Balaban J connectivity index is 1.22. The zero-order valence-electron chi connectivity index (χ0n) is 19.1. The monoisotopic (exact) mass is 462 g/mol. The van der Waals surface area contributed by atoms with E-state index < -0.39 is 0 Å². The van der Waals surface area contributed by atoms with Gasteiger partial charge in [-0.05, 0) is 80.3 Å². The molecule has 2 heterocycles. The number of thioether (sulfide) groups is 1. The number of amides is 1. The van der Waals surface area contributed by atoms with Crippen molar-refractivity contribution in [1.82, 2.24) is 14.8 Å². The Morgan fingerprint density at radius 3 is 2.70 bits per heavy atom. The van der Waals surface area contributed by atoms with Crippen LogP contribution in [0.5, 0.6) is 5.75 Å². The van der Waals surface area contributed by atoms with Crippen LogP contribution >= 0.6 is 11.8 Å². The highest BCUT2D eigenvalue weighted by Crippen LogP contribution is 2.29. The SMILES string of the molecule is CCn1c(COc2ccc3c(c2)CCCC3)nnc1SCC(=O)N1CCCc2ccccc21. The summed E-state index contributed by atoms with van der Waals surface area (Å²) in [7, 11) is 0. The van der Waals surface area contributed by atoms with Gasteiger partial charge in [0.15, 0.2) is 11.0 Å². The van der Waals surface area contributed by atoms with E-state index in [2.05, 4.69) is 41.4 Å². The van der Waals surface area contributed by atoms with Crippen molar-refractivity contribution in [2.24, 2.45) is 0 Å². The number of benzene rings is 2. The Kier molecular flexibility index (Phi) is 6.67. The minimum Gasteiger partial charge on any atom is -0.486 e. The Morgan fingerprint density at radius 2 is 1.82 bits per heavy atom. The normalized spacial score (nSPS) is 15.1. The van der Waals surface area contributed by atoms with Gasteiger partial charge in [-0.2, -0.15) is 0 Å². The fourth-order valence-corrected chi connectivity index (χ4v) is 5.69. The van der Waals surface area contributed by atoms with E-state index in [-0.39, 0.29) is 5.91 Å². The van der Waals surface area contributed by atoms with Crippen LogP contribution in [-0.2, 0) is 37.2 Å². The highest BCUT2D eigenvalue weighted by Gasteiger charge is 2.23. The van der Waals surface area contributed by atoms with Gasteiger partial charge in [0.2, 0.25) is 5.91 Å². The first-order valence-corrected chi connectivity index (χ1v) is 12.9. The highest BCUT2D eigenvalue weighted by atomic mass is 32.2. The Hall–Kier alpha value is -2.80. The topological polar surface area (TPSA) is 60.2 Å². The molecule has 6 nitrogen and oxygen atoms in total. The number of hydrogen-bond donors (Lipinski definition) is 0. The van der Waals surface area contributed by atoms with Crippen LogP contribution in [0, 0.1) is 0 Å². The summed E-state index contributed by atoms with van der Waals surface area (Å²) in [5.41, 5.74) is 5.15. The molecule has 0 radical (unpaired) electrons. The highest BCUT2D eigenvalue weighted by molar-refractivity contribution is 7.99. The molecule has 0 saturated heterocycles. The first-order chi connectivity index (χ1) is 16.2. The van der Waals surface area contributed by atoms with Gasteiger partial charge in [0.25, 0.3) is 0 Å². The Labute approximate surface area is 199 Å². The maximum atomic E-state index is 13.0. The molecule has 1 aliphatic heterocycles. The van der Waals surface area contributed by atoms with Gasteiger partial charge in [-0.3, -0.25) is 4.79 Å². The van der Waals surface area contributed by atoms with Crippen LogP contribution in [0.25, 0.3) is 0 Å². The number of ether oxygens (including phenoxy) is 1. The lowest BCUT2D eigenvalue weighted by molar-refractivity contribution is -0.116. The number of aromatic nitrogens is 3. The summed E-state index contributed by atoms with van der Waals surface area (Å²) in [5, 5.41) is 9.48. The van der Waals surface area contributed by atoms with Crippen LogP contribution in [0.15, 0.2) is 47.6 Å². The van der Waals surface area contributed by atoms with Crippen molar-refractivity contribution in [3.05, 3.63) is 65.0 Å². The van der Waals surface area contributed by atoms with Gasteiger partial charge < -0.3 is 14.2 Å². The number of carbonyl (C=O) groups excluding carboxylic acids is 1. The lowest BCUT2D eigenvalue weighted by Crippen LogP contribution is -2.36. The van der Waals surface area contributed by atoms with E-state index in [1.165, 1.54) is 47.7 Å². The lowest BCUT2D eigenvalue weighted by atomic mass is 9.92. The van der Waals surface area contributed by atoms with Crippen LogP contribution in [-0.4, -0.2) is 33.0 Å².